The Morgan fingerprint density at radius 2 is 2.00 bits per heavy atom. The van der Waals surface area contributed by atoms with Crippen LogP contribution in [-0.4, -0.2) is 12.0 Å². The van der Waals surface area contributed by atoms with Gasteiger partial charge in [0.05, 0.1) is 16.1 Å². The van der Waals surface area contributed by atoms with Gasteiger partial charge in [-0.1, -0.05) is 29.8 Å². The second-order valence-electron chi connectivity index (χ2n) is 3.52. The SMILES string of the molecule is CNCc1ncsc1-c1ccc(C)cc1. The Labute approximate surface area is 94.0 Å². The molecule has 1 aromatic carbocycles. The zero-order valence-electron chi connectivity index (χ0n) is 8.95. The lowest BCUT2D eigenvalue weighted by Crippen LogP contribution is -2.06. The van der Waals surface area contributed by atoms with Crippen LogP contribution >= 0.6 is 11.3 Å². The predicted molar refractivity (Wildman–Crippen MR) is 65.1 cm³/mol. The maximum Gasteiger partial charge on any atom is 0.0802 e. The summed E-state index contributed by atoms with van der Waals surface area (Å²) in [7, 11) is 1.94. The summed E-state index contributed by atoms with van der Waals surface area (Å²) < 4.78 is 0. The maximum absolute atomic E-state index is 4.36. The van der Waals surface area contributed by atoms with E-state index in [1.807, 2.05) is 12.6 Å². The fourth-order valence-corrected chi connectivity index (χ4v) is 2.32. The standard InChI is InChI=1S/C12H14N2S/c1-9-3-5-10(6-4-9)12-11(7-13-2)14-8-15-12/h3-6,8,13H,7H2,1-2H3. The summed E-state index contributed by atoms with van der Waals surface area (Å²) in [5.74, 6) is 0. The van der Waals surface area contributed by atoms with Gasteiger partial charge in [0.2, 0.25) is 0 Å². The molecule has 0 saturated carbocycles. The molecule has 0 atom stereocenters. The van der Waals surface area contributed by atoms with E-state index in [1.54, 1.807) is 11.3 Å². The lowest BCUT2D eigenvalue weighted by atomic mass is 10.1. The van der Waals surface area contributed by atoms with Crippen molar-refractivity contribution >= 4 is 11.3 Å². The highest BCUT2D eigenvalue weighted by atomic mass is 32.1. The van der Waals surface area contributed by atoms with Gasteiger partial charge in [0.1, 0.15) is 0 Å². The summed E-state index contributed by atoms with van der Waals surface area (Å²) in [5.41, 5.74) is 5.58. The maximum atomic E-state index is 4.36. The molecular weight excluding hydrogens is 204 g/mol. The van der Waals surface area contributed by atoms with Gasteiger partial charge in [0.25, 0.3) is 0 Å². The number of aromatic nitrogens is 1. The molecule has 0 amide bonds. The number of hydrogen-bond acceptors (Lipinski definition) is 3. The molecule has 2 rings (SSSR count). The molecule has 2 aromatic rings. The van der Waals surface area contributed by atoms with Crippen molar-refractivity contribution in [1.82, 2.24) is 10.3 Å². The van der Waals surface area contributed by atoms with Gasteiger partial charge < -0.3 is 5.32 Å². The molecule has 0 aliphatic heterocycles. The number of nitrogens with zero attached hydrogens (tertiary/aromatic N) is 1. The highest BCUT2D eigenvalue weighted by Crippen LogP contribution is 2.27. The Morgan fingerprint density at radius 1 is 1.27 bits per heavy atom. The van der Waals surface area contributed by atoms with E-state index >= 15 is 0 Å². The first-order chi connectivity index (χ1) is 7.31. The molecule has 0 radical (unpaired) electrons. The van der Waals surface area contributed by atoms with Crippen molar-refractivity contribution in [1.29, 1.82) is 0 Å². The molecule has 15 heavy (non-hydrogen) atoms. The van der Waals surface area contributed by atoms with Gasteiger partial charge in [-0.3, -0.25) is 0 Å². The lowest BCUT2D eigenvalue weighted by molar-refractivity contribution is 0.799. The van der Waals surface area contributed by atoms with E-state index in [9.17, 15) is 0 Å². The third-order valence-electron chi connectivity index (χ3n) is 2.30. The van der Waals surface area contributed by atoms with E-state index in [0.29, 0.717) is 0 Å². The number of nitrogens with one attached hydrogen (secondary N) is 1. The summed E-state index contributed by atoms with van der Waals surface area (Å²) in [6, 6.07) is 8.58. The normalized spacial score (nSPS) is 10.5. The summed E-state index contributed by atoms with van der Waals surface area (Å²) in [4.78, 5) is 5.63. The molecule has 3 heteroatoms. The van der Waals surface area contributed by atoms with Crippen LogP contribution in [0.2, 0.25) is 0 Å². The van der Waals surface area contributed by atoms with Gasteiger partial charge in [-0.2, -0.15) is 0 Å². The zero-order valence-corrected chi connectivity index (χ0v) is 9.77. The van der Waals surface area contributed by atoms with Crippen LogP contribution in [0.1, 0.15) is 11.3 Å². The fraction of sp³-hybridized carbons (Fsp3) is 0.250. The number of hydrogen-bond donors (Lipinski definition) is 1. The molecule has 0 bridgehead atoms. The van der Waals surface area contributed by atoms with Crippen LogP contribution < -0.4 is 5.32 Å². The summed E-state index contributed by atoms with van der Waals surface area (Å²) in [6.45, 7) is 2.93. The minimum absolute atomic E-state index is 0.826. The first kappa shape index (κ1) is 10.3. The molecule has 0 unspecified atom stereocenters. The van der Waals surface area contributed by atoms with E-state index in [0.717, 1.165) is 12.2 Å². The lowest BCUT2D eigenvalue weighted by Gasteiger charge is -2.02. The first-order valence-corrected chi connectivity index (χ1v) is 5.83. The van der Waals surface area contributed by atoms with Crippen molar-refractivity contribution in [3.8, 4) is 10.4 Å². The molecule has 1 N–H and O–H groups in total. The molecular formula is C12H14N2S. The average Bonchev–Trinajstić information content (AvgIpc) is 2.68. The van der Waals surface area contributed by atoms with Crippen LogP contribution in [0.5, 0.6) is 0 Å². The number of aryl methyl sites for hydroxylation is 1. The predicted octanol–water partition coefficient (Wildman–Crippen LogP) is 2.84. The Kier molecular flexibility index (Phi) is 3.14. The third kappa shape index (κ3) is 2.25. The third-order valence-corrected chi connectivity index (χ3v) is 3.22. The molecule has 0 saturated heterocycles. The van der Waals surface area contributed by atoms with Crippen molar-refractivity contribution in [2.24, 2.45) is 0 Å². The molecule has 78 valence electrons. The van der Waals surface area contributed by atoms with Gasteiger partial charge in [-0.15, -0.1) is 11.3 Å². The molecule has 2 nitrogen and oxygen atoms in total. The van der Waals surface area contributed by atoms with Gasteiger partial charge in [-0.25, -0.2) is 4.98 Å². The molecule has 0 spiro atoms. The van der Waals surface area contributed by atoms with Crippen molar-refractivity contribution in [3.63, 3.8) is 0 Å². The second-order valence-corrected chi connectivity index (χ2v) is 4.38. The topological polar surface area (TPSA) is 24.9 Å². The molecule has 0 fully saturated rings. The molecule has 0 aliphatic rings. The Bertz CT molecular complexity index is 431. The van der Waals surface area contributed by atoms with Crippen LogP contribution in [0.4, 0.5) is 0 Å². The smallest absolute Gasteiger partial charge is 0.0802 e. The highest BCUT2D eigenvalue weighted by molar-refractivity contribution is 7.13. The van der Waals surface area contributed by atoms with Crippen molar-refractivity contribution in [3.05, 3.63) is 41.0 Å². The van der Waals surface area contributed by atoms with Crippen LogP contribution in [0.3, 0.4) is 0 Å². The monoisotopic (exact) mass is 218 g/mol. The first-order valence-electron chi connectivity index (χ1n) is 4.95. The number of benzene rings is 1. The minimum atomic E-state index is 0.826. The van der Waals surface area contributed by atoms with Crippen LogP contribution in [0, 0.1) is 6.92 Å². The number of rotatable bonds is 3. The average molecular weight is 218 g/mol. The molecule has 0 aliphatic carbocycles. The van der Waals surface area contributed by atoms with Gasteiger partial charge in [-0.05, 0) is 19.5 Å². The summed E-state index contributed by atoms with van der Waals surface area (Å²) in [6.07, 6.45) is 0. The summed E-state index contributed by atoms with van der Waals surface area (Å²) >= 11 is 1.70. The summed E-state index contributed by atoms with van der Waals surface area (Å²) in [5, 5.41) is 3.14. The number of thiazole rings is 1. The quantitative estimate of drug-likeness (QED) is 0.857. The van der Waals surface area contributed by atoms with Crippen molar-refractivity contribution in [2.75, 3.05) is 7.05 Å². The van der Waals surface area contributed by atoms with Gasteiger partial charge in [0.15, 0.2) is 0 Å². The zero-order chi connectivity index (χ0) is 10.7. The highest BCUT2D eigenvalue weighted by Gasteiger charge is 2.06. The van der Waals surface area contributed by atoms with Crippen molar-refractivity contribution < 1.29 is 0 Å². The molecule has 1 aromatic heterocycles. The van der Waals surface area contributed by atoms with Crippen LogP contribution in [0.25, 0.3) is 10.4 Å². The fourth-order valence-electron chi connectivity index (χ4n) is 1.50. The van der Waals surface area contributed by atoms with E-state index in [1.165, 1.54) is 16.0 Å². The Hall–Kier alpha value is -1.19. The van der Waals surface area contributed by atoms with Gasteiger partial charge in [0, 0.05) is 6.54 Å². The largest absolute Gasteiger partial charge is 0.314 e. The minimum Gasteiger partial charge on any atom is -0.314 e. The van der Waals surface area contributed by atoms with E-state index in [-0.39, 0.29) is 0 Å². The second kappa shape index (κ2) is 4.55. The van der Waals surface area contributed by atoms with Crippen LogP contribution in [-0.2, 0) is 6.54 Å². The van der Waals surface area contributed by atoms with Crippen molar-refractivity contribution in [2.45, 2.75) is 13.5 Å². The van der Waals surface area contributed by atoms with E-state index < -0.39 is 0 Å². The van der Waals surface area contributed by atoms with E-state index in [4.69, 9.17) is 0 Å². The Balaban J connectivity index is 2.36. The molecule has 1 heterocycles. The Morgan fingerprint density at radius 3 is 2.67 bits per heavy atom. The van der Waals surface area contributed by atoms with Gasteiger partial charge >= 0.3 is 0 Å². The van der Waals surface area contributed by atoms with E-state index in [2.05, 4.69) is 41.5 Å². The van der Waals surface area contributed by atoms with Crippen LogP contribution in [0.15, 0.2) is 29.8 Å².